The van der Waals surface area contributed by atoms with Crippen LogP contribution in [0.2, 0.25) is 0 Å². The van der Waals surface area contributed by atoms with Gasteiger partial charge in [0.25, 0.3) is 0 Å². The van der Waals surface area contributed by atoms with E-state index < -0.39 is 23.5 Å². The Labute approximate surface area is 117 Å². The maximum absolute atomic E-state index is 12.3. The van der Waals surface area contributed by atoms with Gasteiger partial charge in [-0.05, 0) is 32.2 Å². The zero-order valence-electron chi connectivity index (χ0n) is 11.6. The standard InChI is InChI=1S/C13H22N2O5/c1-2-6-13(7-3-8-14-13)12(20)15-9(11(18)19)4-5-10(16)17/h9,14H,2-8H2,1H3,(H,15,20)(H,16,17)(H,18,19). The van der Waals surface area contributed by atoms with Gasteiger partial charge in [-0.25, -0.2) is 4.79 Å². The molecule has 4 N–H and O–H groups in total. The van der Waals surface area contributed by atoms with Crippen molar-refractivity contribution in [1.29, 1.82) is 0 Å². The van der Waals surface area contributed by atoms with E-state index >= 15 is 0 Å². The van der Waals surface area contributed by atoms with Crippen LogP contribution >= 0.6 is 0 Å². The number of hydrogen-bond donors (Lipinski definition) is 4. The number of carboxylic acids is 2. The Bertz CT molecular complexity index is 377. The van der Waals surface area contributed by atoms with Crippen molar-refractivity contribution in [2.45, 2.75) is 57.0 Å². The number of carbonyl (C=O) groups is 3. The van der Waals surface area contributed by atoms with Gasteiger partial charge in [0.2, 0.25) is 5.91 Å². The highest BCUT2D eigenvalue weighted by Crippen LogP contribution is 2.25. The van der Waals surface area contributed by atoms with Crippen molar-refractivity contribution in [2.24, 2.45) is 0 Å². The number of amides is 1. The summed E-state index contributed by atoms with van der Waals surface area (Å²) in [6.45, 7) is 2.70. The molecule has 1 amide bonds. The van der Waals surface area contributed by atoms with Crippen molar-refractivity contribution >= 4 is 17.8 Å². The molecular weight excluding hydrogens is 264 g/mol. The summed E-state index contributed by atoms with van der Waals surface area (Å²) >= 11 is 0. The normalized spacial score (nSPS) is 23.2. The van der Waals surface area contributed by atoms with Crippen molar-refractivity contribution in [2.75, 3.05) is 6.54 Å². The van der Waals surface area contributed by atoms with E-state index in [1.54, 1.807) is 0 Å². The van der Waals surface area contributed by atoms with Gasteiger partial charge in [-0.2, -0.15) is 0 Å². The minimum absolute atomic E-state index is 0.112. The summed E-state index contributed by atoms with van der Waals surface area (Å²) < 4.78 is 0. The lowest BCUT2D eigenvalue weighted by Gasteiger charge is -2.29. The third kappa shape index (κ3) is 4.19. The highest BCUT2D eigenvalue weighted by atomic mass is 16.4. The molecular formula is C13H22N2O5. The van der Waals surface area contributed by atoms with Gasteiger partial charge in [0.05, 0.1) is 5.54 Å². The molecule has 1 rings (SSSR count). The molecule has 1 aliphatic rings. The summed E-state index contributed by atoms with van der Waals surface area (Å²) in [5.74, 6) is -2.62. The van der Waals surface area contributed by atoms with E-state index in [0.29, 0.717) is 12.8 Å². The van der Waals surface area contributed by atoms with Crippen molar-refractivity contribution in [3.8, 4) is 0 Å². The quantitative estimate of drug-likeness (QED) is 0.511. The molecule has 0 aromatic rings. The maximum atomic E-state index is 12.3. The number of carboxylic acid groups (broad SMARTS) is 2. The van der Waals surface area contributed by atoms with Crippen LogP contribution in [0.15, 0.2) is 0 Å². The molecule has 0 saturated carbocycles. The Morgan fingerprint density at radius 2 is 2.05 bits per heavy atom. The highest BCUT2D eigenvalue weighted by Gasteiger charge is 2.41. The number of carbonyl (C=O) groups excluding carboxylic acids is 1. The molecule has 1 aliphatic heterocycles. The Hall–Kier alpha value is -1.63. The second-order valence-electron chi connectivity index (χ2n) is 5.16. The summed E-state index contributed by atoms with van der Waals surface area (Å²) in [4.78, 5) is 33.9. The first kappa shape index (κ1) is 16.4. The zero-order valence-corrected chi connectivity index (χ0v) is 11.6. The predicted molar refractivity (Wildman–Crippen MR) is 71.3 cm³/mol. The topological polar surface area (TPSA) is 116 Å². The van der Waals surface area contributed by atoms with Crippen molar-refractivity contribution in [3.63, 3.8) is 0 Å². The molecule has 1 heterocycles. The van der Waals surface area contributed by atoms with Gasteiger partial charge in [0, 0.05) is 6.42 Å². The number of rotatable bonds is 8. The molecule has 1 fully saturated rings. The first-order valence-corrected chi connectivity index (χ1v) is 6.92. The molecule has 0 aromatic carbocycles. The van der Waals surface area contributed by atoms with Gasteiger partial charge < -0.3 is 20.8 Å². The Kier molecular flexibility index (Phi) is 5.94. The van der Waals surface area contributed by atoms with E-state index in [-0.39, 0.29) is 18.7 Å². The second kappa shape index (κ2) is 7.23. The van der Waals surface area contributed by atoms with Crippen LogP contribution in [0.4, 0.5) is 0 Å². The van der Waals surface area contributed by atoms with Crippen LogP contribution in [-0.2, 0) is 14.4 Å². The maximum Gasteiger partial charge on any atom is 0.326 e. The minimum Gasteiger partial charge on any atom is -0.481 e. The molecule has 0 bridgehead atoms. The van der Waals surface area contributed by atoms with Crippen molar-refractivity contribution in [3.05, 3.63) is 0 Å². The Morgan fingerprint density at radius 1 is 1.35 bits per heavy atom. The van der Waals surface area contributed by atoms with Crippen molar-refractivity contribution < 1.29 is 24.6 Å². The van der Waals surface area contributed by atoms with Gasteiger partial charge in [-0.15, -0.1) is 0 Å². The lowest BCUT2D eigenvalue weighted by Crippen LogP contribution is -2.57. The monoisotopic (exact) mass is 286 g/mol. The summed E-state index contributed by atoms with van der Waals surface area (Å²) in [6.07, 6.45) is 2.61. The molecule has 1 saturated heterocycles. The average molecular weight is 286 g/mol. The third-order valence-corrected chi connectivity index (χ3v) is 3.61. The highest BCUT2D eigenvalue weighted by molar-refractivity contribution is 5.90. The van der Waals surface area contributed by atoms with Crippen molar-refractivity contribution in [1.82, 2.24) is 10.6 Å². The number of nitrogens with one attached hydrogen (secondary N) is 2. The Balaban J connectivity index is 2.68. The van der Waals surface area contributed by atoms with Crippen LogP contribution in [0.25, 0.3) is 0 Å². The van der Waals surface area contributed by atoms with E-state index in [9.17, 15) is 14.4 Å². The second-order valence-corrected chi connectivity index (χ2v) is 5.16. The summed E-state index contributed by atoms with van der Waals surface area (Å²) in [6, 6.07) is -1.16. The van der Waals surface area contributed by atoms with E-state index in [0.717, 1.165) is 19.4 Å². The fourth-order valence-electron chi connectivity index (χ4n) is 2.58. The van der Waals surface area contributed by atoms with E-state index in [4.69, 9.17) is 10.2 Å². The molecule has 0 aromatic heterocycles. The van der Waals surface area contributed by atoms with Gasteiger partial charge in [-0.1, -0.05) is 13.3 Å². The Morgan fingerprint density at radius 3 is 2.50 bits per heavy atom. The van der Waals surface area contributed by atoms with Crippen LogP contribution in [-0.4, -0.2) is 46.2 Å². The lowest BCUT2D eigenvalue weighted by atomic mass is 9.90. The van der Waals surface area contributed by atoms with Gasteiger partial charge >= 0.3 is 11.9 Å². The smallest absolute Gasteiger partial charge is 0.326 e. The van der Waals surface area contributed by atoms with Crippen LogP contribution < -0.4 is 10.6 Å². The van der Waals surface area contributed by atoms with Crippen LogP contribution in [0.3, 0.4) is 0 Å². The van der Waals surface area contributed by atoms with Crippen LogP contribution in [0.1, 0.15) is 45.4 Å². The van der Waals surface area contributed by atoms with Crippen LogP contribution in [0, 0.1) is 0 Å². The molecule has 114 valence electrons. The zero-order chi connectivity index (χ0) is 15.2. The van der Waals surface area contributed by atoms with Gasteiger partial charge in [-0.3, -0.25) is 9.59 Å². The predicted octanol–water partition coefficient (Wildman–Crippen LogP) is 0.343. The lowest BCUT2D eigenvalue weighted by molar-refractivity contribution is -0.144. The van der Waals surface area contributed by atoms with Gasteiger partial charge in [0.1, 0.15) is 6.04 Å². The molecule has 20 heavy (non-hydrogen) atoms. The largest absolute Gasteiger partial charge is 0.481 e. The first-order valence-electron chi connectivity index (χ1n) is 6.92. The summed E-state index contributed by atoms with van der Waals surface area (Å²) in [5, 5.41) is 23.3. The third-order valence-electron chi connectivity index (χ3n) is 3.61. The molecule has 0 spiro atoms. The van der Waals surface area contributed by atoms with E-state index in [1.807, 2.05) is 6.92 Å². The fraction of sp³-hybridized carbons (Fsp3) is 0.769. The molecule has 2 atom stereocenters. The van der Waals surface area contributed by atoms with E-state index in [2.05, 4.69) is 10.6 Å². The molecule has 7 heteroatoms. The fourth-order valence-corrected chi connectivity index (χ4v) is 2.58. The first-order chi connectivity index (χ1) is 9.41. The summed E-state index contributed by atoms with van der Waals surface area (Å²) in [5.41, 5.74) is -0.703. The number of hydrogen-bond acceptors (Lipinski definition) is 4. The molecule has 0 aliphatic carbocycles. The van der Waals surface area contributed by atoms with Gasteiger partial charge in [0.15, 0.2) is 0 Å². The molecule has 0 radical (unpaired) electrons. The average Bonchev–Trinajstić information content (AvgIpc) is 2.83. The minimum atomic E-state index is -1.20. The van der Waals surface area contributed by atoms with E-state index in [1.165, 1.54) is 0 Å². The number of aliphatic carboxylic acids is 2. The summed E-state index contributed by atoms with van der Waals surface area (Å²) in [7, 11) is 0. The molecule has 2 unspecified atom stereocenters. The SMILES string of the molecule is CCCC1(C(=O)NC(CCC(=O)O)C(=O)O)CCCN1. The molecule has 7 nitrogen and oxygen atoms in total. The van der Waals surface area contributed by atoms with Crippen LogP contribution in [0.5, 0.6) is 0 Å².